The Kier molecular flexibility index (Phi) is 7.46. The molecule has 31 heavy (non-hydrogen) atoms. The summed E-state index contributed by atoms with van der Waals surface area (Å²) in [7, 11) is 0. The molecule has 2 amide bonds. The van der Waals surface area contributed by atoms with E-state index >= 15 is 0 Å². The zero-order valence-electron chi connectivity index (χ0n) is 17.5. The fraction of sp³-hybridized carbons (Fsp3) is 0.348. The number of hydrogen-bond donors (Lipinski definition) is 2. The first-order valence-corrected chi connectivity index (χ1v) is 10.2. The quantitative estimate of drug-likeness (QED) is 0.710. The molecule has 0 radical (unpaired) electrons. The van der Waals surface area contributed by atoms with Gasteiger partial charge in [-0.1, -0.05) is 24.3 Å². The van der Waals surface area contributed by atoms with Crippen molar-refractivity contribution in [2.75, 3.05) is 39.3 Å². The number of carbonyl (C=O) groups is 2. The second kappa shape index (κ2) is 10.5. The SMILES string of the molecule is C[C@@H](NC(=O)O)C(=O)N1CCN(CCOc2ccc(-c3ccc(C#N)cc3)cc2)CC1. The van der Waals surface area contributed by atoms with E-state index in [0.717, 1.165) is 36.5 Å². The first-order chi connectivity index (χ1) is 15.0. The summed E-state index contributed by atoms with van der Waals surface area (Å²) in [6, 6.07) is 16.7. The van der Waals surface area contributed by atoms with E-state index in [2.05, 4.69) is 16.3 Å². The van der Waals surface area contributed by atoms with E-state index in [-0.39, 0.29) is 5.91 Å². The van der Waals surface area contributed by atoms with Gasteiger partial charge in [-0.25, -0.2) is 4.79 Å². The van der Waals surface area contributed by atoms with Gasteiger partial charge in [0.25, 0.3) is 0 Å². The van der Waals surface area contributed by atoms with Gasteiger partial charge in [-0.2, -0.15) is 5.26 Å². The Morgan fingerprint density at radius 2 is 1.65 bits per heavy atom. The Morgan fingerprint density at radius 3 is 2.19 bits per heavy atom. The maximum absolute atomic E-state index is 12.2. The van der Waals surface area contributed by atoms with Gasteiger partial charge < -0.3 is 20.1 Å². The molecule has 0 unspecified atom stereocenters. The van der Waals surface area contributed by atoms with Crippen molar-refractivity contribution in [3.05, 3.63) is 54.1 Å². The molecule has 162 valence electrons. The van der Waals surface area contributed by atoms with E-state index in [1.807, 2.05) is 36.4 Å². The molecule has 1 aliphatic rings. The van der Waals surface area contributed by atoms with Crippen molar-refractivity contribution in [3.8, 4) is 22.9 Å². The Labute approximate surface area is 181 Å². The number of carbonyl (C=O) groups excluding carboxylic acids is 1. The molecule has 1 atom stereocenters. The molecule has 1 aliphatic heterocycles. The van der Waals surface area contributed by atoms with E-state index in [1.54, 1.807) is 24.0 Å². The molecule has 1 fully saturated rings. The monoisotopic (exact) mass is 422 g/mol. The van der Waals surface area contributed by atoms with Crippen molar-refractivity contribution in [1.29, 1.82) is 5.26 Å². The molecule has 2 aromatic carbocycles. The summed E-state index contributed by atoms with van der Waals surface area (Å²) in [6.07, 6.45) is -1.19. The number of nitrogens with one attached hydrogen (secondary N) is 1. The van der Waals surface area contributed by atoms with Crippen LogP contribution in [0.4, 0.5) is 4.79 Å². The highest BCUT2D eigenvalue weighted by Crippen LogP contribution is 2.22. The summed E-state index contributed by atoms with van der Waals surface area (Å²) in [5.74, 6) is 0.598. The number of nitriles is 1. The van der Waals surface area contributed by atoms with Gasteiger partial charge in [0.1, 0.15) is 18.4 Å². The minimum Gasteiger partial charge on any atom is -0.492 e. The molecule has 1 heterocycles. The lowest BCUT2D eigenvalue weighted by molar-refractivity contribution is -0.134. The summed E-state index contributed by atoms with van der Waals surface area (Å²) < 4.78 is 5.85. The zero-order valence-corrected chi connectivity index (χ0v) is 17.5. The molecular formula is C23H26N4O4. The average Bonchev–Trinajstić information content (AvgIpc) is 2.79. The molecule has 0 aromatic heterocycles. The molecule has 0 aliphatic carbocycles. The molecule has 8 nitrogen and oxygen atoms in total. The molecule has 0 saturated carbocycles. The van der Waals surface area contributed by atoms with Crippen molar-refractivity contribution in [3.63, 3.8) is 0 Å². The number of hydrogen-bond acceptors (Lipinski definition) is 5. The second-order valence-corrected chi connectivity index (χ2v) is 7.40. The highest BCUT2D eigenvalue weighted by molar-refractivity contribution is 5.85. The molecule has 8 heteroatoms. The average molecular weight is 422 g/mol. The minimum atomic E-state index is -1.19. The van der Waals surface area contributed by atoms with Crippen LogP contribution in [0.3, 0.4) is 0 Å². The predicted octanol–water partition coefficient (Wildman–Crippen LogP) is 2.40. The standard InChI is InChI=1S/C23H26N4O4/c1-17(25-23(29)30)22(28)27-12-10-26(11-13-27)14-15-31-21-8-6-20(7-9-21)19-4-2-18(16-24)3-5-19/h2-9,17,25H,10-15H2,1H3,(H,29,30)/t17-/m1/s1. The predicted molar refractivity (Wildman–Crippen MR) is 116 cm³/mol. The minimum absolute atomic E-state index is 0.194. The molecule has 2 N–H and O–H groups in total. The third kappa shape index (κ3) is 6.20. The van der Waals surface area contributed by atoms with E-state index in [0.29, 0.717) is 25.3 Å². The normalized spacial score (nSPS) is 15.0. The van der Waals surface area contributed by atoms with Crippen LogP contribution in [-0.2, 0) is 4.79 Å². The van der Waals surface area contributed by atoms with Gasteiger partial charge in [-0.05, 0) is 42.3 Å². The van der Waals surface area contributed by atoms with E-state index < -0.39 is 12.1 Å². The summed E-state index contributed by atoms with van der Waals surface area (Å²) in [5, 5.41) is 19.8. The third-order valence-corrected chi connectivity index (χ3v) is 5.27. The van der Waals surface area contributed by atoms with Crippen LogP contribution < -0.4 is 10.1 Å². The van der Waals surface area contributed by atoms with Gasteiger partial charge in [0.15, 0.2) is 0 Å². The molecule has 3 rings (SSSR count). The topological polar surface area (TPSA) is 106 Å². The lowest BCUT2D eigenvalue weighted by Gasteiger charge is -2.35. The third-order valence-electron chi connectivity index (χ3n) is 5.27. The number of nitrogens with zero attached hydrogens (tertiary/aromatic N) is 3. The summed E-state index contributed by atoms with van der Waals surface area (Å²) >= 11 is 0. The van der Waals surface area contributed by atoms with Crippen LogP contribution in [0.25, 0.3) is 11.1 Å². The summed E-state index contributed by atoms with van der Waals surface area (Å²) in [5.41, 5.74) is 2.75. The van der Waals surface area contributed by atoms with Gasteiger partial charge in [-0.15, -0.1) is 0 Å². The Morgan fingerprint density at radius 1 is 1.06 bits per heavy atom. The van der Waals surface area contributed by atoms with Crippen LogP contribution in [0.15, 0.2) is 48.5 Å². The maximum Gasteiger partial charge on any atom is 0.405 e. The van der Waals surface area contributed by atoms with Crippen molar-refractivity contribution in [2.24, 2.45) is 0 Å². The van der Waals surface area contributed by atoms with Crippen molar-refractivity contribution in [2.45, 2.75) is 13.0 Å². The Balaban J connectivity index is 1.40. The Bertz CT molecular complexity index is 930. The fourth-order valence-corrected chi connectivity index (χ4v) is 3.49. The lowest BCUT2D eigenvalue weighted by atomic mass is 10.0. The van der Waals surface area contributed by atoms with E-state index in [1.165, 1.54) is 0 Å². The zero-order chi connectivity index (χ0) is 22.2. The van der Waals surface area contributed by atoms with Crippen molar-refractivity contribution >= 4 is 12.0 Å². The first kappa shape index (κ1) is 22.1. The van der Waals surface area contributed by atoms with Crippen LogP contribution in [0, 0.1) is 11.3 Å². The van der Waals surface area contributed by atoms with Crippen molar-refractivity contribution in [1.82, 2.24) is 15.1 Å². The van der Waals surface area contributed by atoms with Crippen LogP contribution >= 0.6 is 0 Å². The molecule has 2 aromatic rings. The number of amides is 2. The largest absolute Gasteiger partial charge is 0.492 e. The van der Waals surface area contributed by atoms with Gasteiger partial charge in [0.2, 0.25) is 5.91 Å². The van der Waals surface area contributed by atoms with Crippen LogP contribution in [0.2, 0.25) is 0 Å². The first-order valence-electron chi connectivity index (χ1n) is 10.2. The molecule has 1 saturated heterocycles. The summed E-state index contributed by atoms with van der Waals surface area (Å²) in [6.45, 7) is 5.46. The lowest BCUT2D eigenvalue weighted by Crippen LogP contribution is -2.54. The van der Waals surface area contributed by atoms with Gasteiger partial charge in [-0.3, -0.25) is 9.69 Å². The van der Waals surface area contributed by atoms with Crippen LogP contribution in [-0.4, -0.2) is 72.3 Å². The van der Waals surface area contributed by atoms with Crippen LogP contribution in [0.1, 0.15) is 12.5 Å². The second-order valence-electron chi connectivity index (χ2n) is 7.40. The number of carboxylic acid groups (broad SMARTS) is 1. The molecule has 0 spiro atoms. The van der Waals surface area contributed by atoms with Gasteiger partial charge >= 0.3 is 6.09 Å². The highest BCUT2D eigenvalue weighted by Gasteiger charge is 2.25. The fourth-order valence-electron chi connectivity index (χ4n) is 3.49. The van der Waals surface area contributed by atoms with E-state index in [9.17, 15) is 9.59 Å². The van der Waals surface area contributed by atoms with E-state index in [4.69, 9.17) is 15.1 Å². The molecule has 0 bridgehead atoms. The number of benzene rings is 2. The number of rotatable bonds is 7. The highest BCUT2D eigenvalue weighted by atomic mass is 16.5. The summed E-state index contributed by atoms with van der Waals surface area (Å²) in [4.78, 5) is 26.8. The molecular weight excluding hydrogens is 396 g/mol. The van der Waals surface area contributed by atoms with Gasteiger partial charge in [0, 0.05) is 32.7 Å². The maximum atomic E-state index is 12.2. The number of ether oxygens (including phenoxy) is 1. The number of piperazine rings is 1. The Hall–Kier alpha value is -3.57. The van der Waals surface area contributed by atoms with Crippen molar-refractivity contribution < 1.29 is 19.4 Å². The van der Waals surface area contributed by atoms with Gasteiger partial charge in [0.05, 0.1) is 11.6 Å². The van der Waals surface area contributed by atoms with Crippen LogP contribution in [0.5, 0.6) is 5.75 Å². The smallest absolute Gasteiger partial charge is 0.405 e.